The number of nitro groups is 1. The summed E-state index contributed by atoms with van der Waals surface area (Å²) in [6, 6.07) is 4.36. The SMILES string of the molecule is CCOC(=O)c1cc(CC)c(C#N)cc1[N+](=O)[O-]. The van der Waals surface area contributed by atoms with E-state index in [0.717, 1.165) is 6.07 Å². The van der Waals surface area contributed by atoms with Crippen molar-refractivity contribution in [3.8, 4) is 6.07 Å². The van der Waals surface area contributed by atoms with Crippen molar-refractivity contribution in [2.45, 2.75) is 20.3 Å². The van der Waals surface area contributed by atoms with Crippen molar-refractivity contribution in [1.82, 2.24) is 0 Å². The third-order valence-corrected chi connectivity index (χ3v) is 2.41. The number of esters is 1. The van der Waals surface area contributed by atoms with Crippen molar-refractivity contribution in [2.75, 3.05) is 6.61 Å². The summed E-state index contributed by atoms with van der Waals surface area (Å²) in [7, 11) is 0. The van der Waals surface area contributed by atoms with Gasteiger partial charge < -0.3 is 4.74 Å². The fourth-order valence-corrected chi connectivity index (χ4v) is 1.55. The highest BCUT2D eigenvalue weighted by molar-refractivity contribution is 5.94. The number of rotatable bonds is 4. The molecule has 0 aliphatic carbocycles. The van der Waals surface area contributed by atoms with Gasteiger partial charge in [0.25, 0.3) is 5.69 Å². The highest BCUT2D eigenvalue weighted by Crippen LogP contribution is 2.24. The van der Waals surface area contributed by atoms with Crippen LogP contribution in [0.4, 0.5) is 5.69 Å². The highest BCUT2D eigenvalue weighted by atomic mass is 16.6. The van der Waals surface area contributed by atoms with Crippen LogP contribution in [0.15, 0.2) is 12.1 Å². The third kappa shape index (κ3) is 2.63. The molecular weight excluding hydrogens is 236 g/mol. The Kier molecular flexibility index (Phi) is 4.38. The number of carbonyl (C=O) groups is 1. The van der Waals surface area contributed by atoms with Crippen molar-refractivity contribution in [2.24, 2.45) is 0 Å². The second-order valence-electron chi connectivity index (χ2n) is 3.47. The molecule has 0 N–H and O–H groups in total. The molecule has 0 saturated heterocycles. The highest BCUT2D eigenvalue weighted by Gasteiger charge is 2.23. The molecular formula is C12H12N2O4. The monoisotopic (exact) mass is 248 g/mol. The van der Waals surface area contributed by atoms with Crippen LogP contribution < -0.4 is 0 Å². The zero-order valence-electron chi connectivity index (χ0n) is 10.1. The summed E-state index contributed by atoms with van der Waals surface area (Å²) in [6.45, 7) is 3.56. The zero-order chi connectivity index (χ0) is 13.7. The van der Waals surface area contributed by atoms with E-state index < -0.39 is 16.6 Å². The molecule has 6 nitrogen and oxygen atoms in total. The molecule has 0 amide bonds. The maximum atomic E-state index is 11.6. The molecule has 0 unspecified atom stereocenters. The van der Waals surface area contributed by atoms with Gasteiger partial charge in [-0.25, -0.2) is 4.79 Å². The second-order valence-corrected chi connectivity index (χ2v) is 3.47. The number of benzene rings is 1. The first kappa shape index (κ1) is 13.6. The summed E-state index contributed by atoms with van der Waals surface area (Å²) in [5, 5.41) is 19.8. The number of aryl methyl sites for hydroxylation is 1. The molecule has 94 valence electrons. The lowest BCUT2D eigenvalue weighted by Crippen LogP contribution is -2.09. The number of carbonyl (C=O) groups excluding carboxylic acids is 1. The summed E-state index contributed by atoms with van der Waals surface area (Å²) < 4.78 is 4.77. The number of nitrogens with zero attached hydrogens (tertiary/aromatic N) is 2. The third-order valence-electron chi connectivity index (χ3n) is 2.41. The summed E-state index contributed by atoms with van der Waals surface area (Å²) in [5.41, 5.74) is 0.281. The summed E-state index contributed by atoms with van der Waals surface area (Å²) in [4.78, 5) is 21.8. The van der Waals surface area contributed by atoms with Gasteiger partial charge in [0.2, 0.25) is 0 Å². The number of nitriles is 1. The molecule has 0 atom stereocenters. The molecule has 0 saturated carbocycles. The summed E-state index contributed by atoms with van der Waals surface area (Å²) in [5.74, 6) is -0.747. The first-order chi connectivity index (χ1) is 8.54. The van der Waals surface area contributed by atoms with E-state index in [-0.39, 0.29) is 17.7 Å². The van der Waals surface area contributed by atoms with Gasteiger partial charge in [-0.1, -0.05) is 6.92 Å². The van der Waals surface area contributed by atoms with Crippen LogP contribution in [0.25, 0.3) is 0 Å². The van der Waals surface area contributed by atoms with E-state index >= 15 is 0 Å². The fourth-order valence-electron chi connectivity index (χ4n) is 1.55. The average Bonchev–Trinajstić information content (AvgIpc) is 2.37. The molecule has 0 aromatic heterocycles. The van der Waals surface area contributed by atoms with Gasteiger partial charge in [-0.15, -0.1) is 0 Å². The number of hydrogen-bond donors (Lipinski definition) is 0. The minimum atomic E-state index is -0.747. The van der Waals surface area contributed by atoms with Crippen molar-refractivity contribution >= 4 is 11.7 Å². The summed E-state index contributed by atoms with van der Waals surface area (Å²) >= 11 is 0. The Hall–Kier alpha value is -2.42. The molecule has 0 spiro atoms. The Morgan fingerprint density at radius 3 is 2.61 bits per heavy atom. The normalized spacial score (nSPS) is 9.61. The molecule has 6 heteroatoms. The van der Waals surface area contributed by atoms with Crippen molar-refractivity contribution < 1.29 is 14.5 Å². The smallest absolute Gasteiger partial charge is 0.345 e. The molecule has 0 aliphatic rings. The largest absolute Gasteiger partial charge is 0.462 e. The van der Waals surface area contributed by atoms with Gasteiger partial charge >= 0.3 is 5.97 Å². The van der Waals surface area contributed by atoms with E-state index in [2.05, 4.69) is 0 Å². The van der Waals surface area contributed by atoms with E-state index in [1.54, 1.807) is 13.8 Å². The van der Waals surface area contributed by atoms with Gasteiger partial charge in [0.1, 0.15) is 5.56 Å². The molecule has 1 aromatic carbocycles. The maximum Gasteiger partial charge on any atom is 0.345 e. The van der Waals surface area contributed by atoms with E-state index in [4.69, 9.17) is 10.00 Å². The zero-order valence-corrected chi connectivity index (χ0v) is 10.1. The molecule has 0 aliphatic heterocycles. The van der Waals surface area contributed by atoms with Crippen LogP contribution in [0, 0.1) is 21.4 Å². The molecule has 1 rings (SSSR count). The molecule has 0 radical (unpaired) electrons. The van der Waals surface area contributed by atoms with Crippen LogP contribution in [0.3, 0.4) is 0 Å². The second kappa shape index (κ2) is 5.77. The fraction of sp³-hybridized carbons (Fsp3) is 0.333. The Bertz CT molecular complexity index is 532. The predicted octanol–water partition coefficient (Wildman–Crippen LogP) is 2.21. The Morgan fingerprint density at radius 2 is 2.17 bits per heavy atom. The number of ether oxygens (including phenoxy) is 1. The van der Waals surface area contributed by atoms with Crippen LogP contribution in [0.2, 0.25) is 0 Å². The van der Waals surface area contributed by atoms with Gasteiger partial charge in [-0.2, -0.15) is 5.26 Å². The van der Waals surface area contributed by atoms with Crippen LogP contribution in [0.1, 0.15) is 35.3 Å². The van der Waals surface area contributed by atoms with Crippen LogP contribution in [-0.4, -0.2) is 17.5 Å². The first-order valence-electron chi connectivity index (χ1n) is 5.43. The topological polar surface area (TPSA) is 93.2 Å². The lowest BCUT2D eigenvalue weighted by atomic mass is 10.0. The Labute approximate surface area is 104 Å². The van der Waals surface area contributed by atoms with Gasteiger partial charge in [0, 0.05) is 6.07 Å². The molecule has 18 heavy (non-hydrogen) atoms. The quantitative estimate of drug-likeness (QED) is 0.462. The van der Waals surface area contributed by atoms with Gasteiger partial charge in [-0.05, 0) is 25.0 Å². The van der Waals surface area contributed by atoms with Crippen molar-refractivity contribution in [1.29, 1.82) is 5.26 Å². The standard InChI is InChI=1S/C12H12N2O4/c1-3-8-5-10(12(15)18-4-2)11(14(16)17)6-9(8)7-13/h5-6H,3-4H2,1-2H3. The van der Waals surface area contributed by atoms with Crippen LogP contribution >= 0.6 is 0 Å². The molecule has 0 fully saturated rings. The first-order valence-corrected chi connectivity index (χ1v) is 5.43. The van der Waals surface area contributed by atoms with Crippen LogP contribution in [0.5, 0.6) is 0 Å². The molecule has 0 bridgehead atoms. The Balaban J connectivity index is 3.44. The van der Waals surface area contributed by atoms with Gasteiger partial charge in [0.05, 0.1) is 23.2 Å². The van der Waals surface area contributed by atoms with E-state index in [0.29, 0.717) is 12.0 Å². The van der Waals surface area contributed by atoms with Crippen molar-refractivity contribution in [3.63, 3.8) is 0 Å². The maximum absolute atomic E-state index is 11.6. The minimum Gasteiger partial charge on any atom is -0.462 e. The Morgan fingerprint density at radius 1 is 1.50 bits per heavy atom. The van der Waals surface area contributed by atoms with Gasteiger partial charge in [0.15, 0.2) is 0 Å². The molecule has 1 aromatic rings. The number of hydrogen-bond acceptors (Lipinski definition) is 5. The molecule has 0 heterocycles. The lowest BCUT2D eigenvalue weighted by Gasteiger charge is -2.06. The lowest BCUT2D eigenvalue weighted by molar-refractivity contribution is -0.385. The van der Waals surface area contributed by atoms with E-state index in [9.17, 15) is 14.9 Å². The summed E-state index contributed by atoms with van der Waals surface area (Å²) in [6.07, 6.45) is 0.507. The minimum absolute atomic E-state index is 0.113. The van der Waals surface area contributed by atoms with E-state index in [1.807, 2.05) is 6.07 Å². The van der Waals surface area contributed by atoms with E-state index in [1.165, 1.54) is 6.07 Å². The number of nitro benzene ring substituents is 1. The van der Waals surface area contributed by atoms with Gasteiger partial charge in [-0.3, -0.25) is 10.1 Å². The van der Waals surface area contributed by atoms with Crippen LogP contribution in [-0.2, 0) is 11.2 Å². The van der Waals surface area contributed by atoms with Crippen molar-refractivity contribution in [3.05, 3.63) is 38.9 Å². The average molecular weight is 248 g/mol. The predicted molar refractivity (Wildman–Crippen MR) is 63.1 cm³/mol.